The Kier molecular flexibility index (Phi) is 4.66. The van der Waals surface area contributed by atoms with Crippen molar-refractivity contribution in [2.75, 3.05) is 11.1 Å². The van der Waals surface area contributed by atoms with Crippen LogP contribution >= 0.6 is 39.1 Å². The van der Waals surface area contributed by atoms with Gasteiger partial charge in [0.15, 0.2) is 0 Å². The Balaban J connectivity index is 2.45. The Morgan fingerprint density at radius 2 is 1.95 bits per heavy atom. The summed E-state index contributed by atoms with van der Waals surface area (Å²) in [5, 5.41) is 12.9. The van der Waals surface area contributed by atoms with E-state index in [0.717, 1.165) is 0 Å². The van der Waals surface area contributed by atoms with Crippen LogP contribution in [0.4, 0.5) is 17.1 Å². The minimum Gasteiger partial charge on any atom is -0.478 e. The quantitative estimate of drug-likeness (QED) is 0.504. The van der Waals surface area contributed by atoms with E-state index in [1.807, 2.05) is 0 Å². The van der Waals surface area contributed by atoms with Gasteiger partial charge in [0, 0.05) is 15.8 Å². The van der Waals surface area contributed by atoms with Gasteiger partial charge in [0.25, 0.3) is 0 Å². The fourth-order valence-electron chi connectivity index (χ4n) is 1.83. The van der Waals surface area contributed by atoms with Crippen molar-refractivity contribution in [1.29, 1.82) is 0 Å². The van der Waals surface area contributed by atoms with Gasteiger partial charge in [-0.05, 0) is 52.7 Å². The van der Waals surface area contributed by atoms with Crippen molar-refractivity contribution in [2.24, 2.45) is 0 Å². The Labute approximate surface area is 140 Å². The van der Waals surface area contributed by atoms with Gasteiger partial charge in [-0.25, -0.2) is 4.79 Å². The molecule has 0 spiro atoms. The summed E-state index contributed by atoms with van der Waals surface area (Å²) in [6.45, 7) is 1.74. The van der Waals surface area contributed by atoms with E-state index >= 15 is 0 Å². The van der Waals surface area contributed by atoms with Crippen molar-refractivity contribution < 1.29 is 9.90 Å². The molecule has 0 radical (unpaired) electrons. The van der Waals surface area contributed by atoms with Crippen LogP contribution in [-0.2, 0) is 0 Å². The van der Waals surface area contributed by atoms with Gasteiger partial charge in [0.2, 0.25) is 0 Å². The number of anilines is 3. The molecule has 0 saturated heterocycles. The molecule has 0 fully saturated rings. The zero-order valence-corrected chi connectivity index (χ0v) is 14.0. The molecule has 2 aromatic carbocycles. The lowest BCUT2D eigenvalue weighted by Gasteiger charge is -2.13. The summed E-state index contributed by atoms with van der Waals surface area (Å²) in [4.78, 5) is 11.2. The van der Waals surface area contributed by atoms with Crippen molar-refractivity contribution in [2.45, 2.75) is 6.92 Å². The van der Waals surface area contributed by atoms with Gasteiger partial charge in [0.05, 0.1) is 21.3 Å². The first-order valence-corrected chi connectivity index (χ1v) is 7.40. The second-order valence-electron chi connectivity index (χ2n) is 4.41. The van der Waals surface area contributed by atoms with E-state index in [-0.39, 0.29) is 11.3 Å². The number of nitrogens with one attached hydrogen (secondary N) is 1. The number of benzene rings is 2. The van der Waals surface area contributed by atoms with Crippen LogP contribution in [0.2, 0.25) is 10.0 Å². The number of carboxylic acid groups (broad SMARTS) is 1. The predicted molar refractivity (Wildman–Crippen MR) is 90.0 cm³/mol. The van der Waals surface area contributed by atoms with Crippen LogP contribution in [0.25, 0.3) is 0 Å². The van der Waals surface area contributed by atoms with Crippen LogP contribution in [0.15, 0.2) is 28.7 Å². The maximum absolute atomic E-state index is 11.2. The standard InChI is InChI=1S/C14H11BrCl2N2O2/c1-6-4-7(5-8(13(6)18)14(20)21)19-10-3-2-9(15)11(16)12(10)17/h2-5,19H,18H2,1H3,(H,20,21). The zero-order valence-electron chi connectivity index (χ0n) is 10.9. The number of carboxylic acids is 1. The molecule has 0 unspecified atom stereocenters. The van der Waals surface area contributed by atoms with Gasteiger partial charge >= 0.3 is 5.97 Å². The summed E-state index contributed by atoms with van der Waals surface area (Å²) in [5.41, 5.74) is 7.85. The minimum absolute atomic E-state index is 0.0387. The van der Waals surface area contributed by atoms with Crippen molar-refractivity contribution >= 4 is 62.2 Å². The molecule has 7 heteroatoms. The average molecular weight is 390 g/mol. The molecule has 0 aliphatic heterocycles. The van der Waals surface area contributed by atoms with Crippen LogP contribution in [-0.4, -0.2) is 11.1 Å². The average Bonchev–Trinajstić information content (AvgIpc) is 2.43. The second-order valence-corrected chi connectivity index (χ2v) is 6.02. The molecule has 0 aromatic heterocycles. The molecule has 4 nitrogen and oxygen atoms in total. The monoisotopic (exact) mass is 388 g/mol. The number of carbonyl (C=O) groups is 1. The third kappa shape index (κ3) is 3.26. The lowest BCUT2D eigenvalue weighted by atomic mass is 10.1. The van der Waals surface area contributed by atoms with E-state index in [1.165, 1.54) is 6.07 Å². The first-order valence-electron chi connectivity index (χ1n) is 5.85. The summed E-state index contributed by atoms with van der Waals surface area (Å²) >= 11 is 15.5. The fourth-order valence-corrected chi connectivity index (χ4v) is 2.65. The number of nitrogen functional groups attached to an aromatic ring is 1. The van der Waals surface area contributed by atoms with E-state index in [0.29, 0.717) is 31.5 Å². The third-order valence-corrected chi connectivity index (χ3v) is 4.70. The SMILES string of the molecule is Cc1cc(Nc2ccc(Br)c(Cl)c2Cl)cc(C(=O)O)c1N. The van der Waals surface area contributed by atoms with Gasteiger partial charge in [0.1, 0.15) is 0 Å². The predicted octanol–water partition coefficient (Wildman–Crippen LogP) is 5.09. The Hall–Kier alpha value is -1.43. The van der Waals surface area contributed by atoms with Crippen LogP contribution in [0.3, 0.4) is 0 Å². The minimum atomic E-state index is -1.08. The molecular weight excluding hydrogens is 379 g/mol. The lowest BCUT2D eigenvalue weighted by molar-refractivity contribution is 0.0698. The van der Waals surface area contributed by atoms with Gasteiger partial charge in [-0.3, -0.25) is 0 Å². The summed E-state index contributed by atoms with van der Waals surface area (Å²) in [6.07, 6.45) is 0. The first kappa shape index (κ1) is 15.9. The molecule has 0 amide bonds. The summed E-state index contributed by atoms with van der Waals surface area (Å²) in [7, 11) is 0. The van der Waals surface area contributed by atoms with Crippen molar-refractivity contribution in [3.8, 4) is 0 Å². The van der Waals surface area contributed by atoms with Crippen LogP contribution < -0.4 is 11.1 Å². The molecule has 2 rings (SSSR count). The van der Waals surface area contributed by atoms with E-state index < -0.39 is 5.97 Å². The molecule has 0 saturated carbocycles. The fraction of sp³-hybridized carbons (Fsp3) is 0.0714. The zero-order chi connectivity index (χ0) is 15.7. The molecule has 0 aliphatic rings. The Morgan fingerprint density at radius 1 is 1.29 bits per heavy atom. The number of nitrogens with two attached hydrogens (primary N) is 1. The highest BCUT2D eigenvalue weighted by Crippen LogP contribution is 2.37. The van der Waals surface area contributed by atoms with Crippen molar-refractivity contribution in [3.63, 3.8) is 0 Å². The topological polar surface area (TPSA) is 75.3 Å². The van der Waals surface area contributed by atoms with Crippen LogP contribution in [0.1, 0.15) is 15.9 Å². The van der Waals surface area contributed by atoms with Crippen molar-refractivity contribution in [1.82, 2.24) is 0 Å². The lowest BCUT2D eigenvalue weighted by Crippen LogP contribution is -2.05. The van der Waals surface area contributed by atoms with Crippen LogP contribution in [0.5, 0.6) is 0 Å². The molecule has 0 heterocycles. The molecule has 0 atom stereocenters. The number of rotatable bonds is 3. The highest BCUT2D eigenvalue weighted by atomic mass is 79.9. The largest absolute Gasteiger partial charge is 0.478 e. The van der Waals surface area contributed by atoms with E-state index in [4.69, 9.17) is 34.0 Å². The normalized spacial score (nSPS) is 10.5. The molecular formula is C14H11BrCl2N2O2. The number of aromatic carboxylic acids is 1. The number of halogens is 3. The smallest absolute Gasteiger partial charge is 0.337 e. The highest BCUT2D eigenvalue weighted by Gasteiger charge is 2.13. The first-order chi connectivity index (χ1) is 9.81. The molecule has 4 N–H and O–H groups in total. The molecule has 21 heavy (non-hydrogen) atoms. The molecule has 0 aliphatic carbocycles. The Morgan fingerprint density at radius 3 is 2.57 bits per heavy atom. The highest BCUT2D eigenvalue weighted by molar-refractivity contribution is 9.10. The van der Waals surface area contributed by atoms with Crippen LogP contribution in [0, 0.1) is 6.92 Å². The Bertz CT molecular complexity index is 735. The molecule has 0 bridgehead atoms. The maximum Gasteiger partial charge on any atom is 0.337 e. The van der Waals surface area contributed by atoms with Gasteiger partial charge < -0.3 is 16.2 Å². The van der Waals surface area contributed by atoms with E-state index in [1.54, 1.807) is 25.1 Å². The number of hydrogen-bond acceptors (Lipinski definition) is 3. The summed E-state index contributed by atoms with van der Waals surface area (Å²) < 4.78 is 0.680. The van der Waals surface area contributed by atoms with Gasteiger partial charge in [-0.1, -0.05) is 23.2 Å². The molecule has 2 aromatic rings. The van der Waals surface area contributed by atoms with Gasteiger partial charge in [-0.2, -0.15) is 0 Å². The van der Waals surface area contributed by atoms with Gasteiger partial charge in [-0.15, -0.1) is 0 Å². The third-order valence-electron chi connectivity index (χ3n) is 2.93. The summed E-state index contributed by atoms with van der Waals surface area (Å²) in [5.74, 6) is -1.08. The second kappa shape index (κ2) is 6.13. The summed E-state index contributed by atoms with van der Waals surface area (Å²) in [6, 6.07) is 6.69. The van der Waals surface area contributed by atoms with Crippen molar-refractivity contribution in [3.05, 3.63) is 49.9 Å². The number of aryl methyl sites for hydroxylation is 1. The number of hydrogen-bond donors (Lipinski definition) is 3. The van der Waals surface area contributed by atoms with E-state index in [2.05, 4.69) is 21.2 Å². The molecule has 110 valence electrons. The maximum atomic E-state index is 11.2. The van der Waals surface area contributed by atoms with E-state index in [9.17, 15) is 4.79 Å².